The summed E-state index contributed by atoms with van der Waals surface area (Å²) in [5.41, 5.74) is 2.18. The van der Waals surface area contributed by atoms with E-state index in [0.717, 1.165) is 24.3 Å². The molecular formula is C18H24N6O2. The third kappa shape index (κ3) is 2.89. The van der Waals surface area contributed by atoms with Crippen LogP contribution >= 0.6 is 0 Å². The molecule has 2 fully saturated rings. The number of amides is 2. The number of H-pyrrole nitrogens is 1. The summed E-state index contributed by atoms with van der Waals surface area (Å²) in [6.07, 6.45) is 5.14. The van der Waals surface area contributed by atoms with Crippen LogP contribution in [-0.2, 0) is 10.2 Å². The quantitative estimate of drug-likeness (QED) is 0.907. The summed E-state index contributed by atoms with van der Waals surface area (Å²) in [5.74, 6) is 0.0956. The molecule has 2 aliphatic rings. The first-order chi connectivity index (χ1) is 12.3. The molecule has 4 heterocycles. The van der Waals surface area contributed by atoms with Crippen molar-refractivity contribution in [3.8, 4) is 0 Å². The van der Waals surface area contributed by atoms with Gasteiger partial charge in [0, 0.05) is 43.4 Å². The number of aromatic amines is 1. The van der Waals surface area contributed by atoms with Crippen LogP contribution < -0.4 is 4.90 Å². The van der Waals surface area contributed by atoms with Crippen LogP contribution in [0.1, 0.15) is 55.8 Å². The lowest BCUT2D eigenvalue weighted by Gasteiger charge is -2.38. The molecule has 26 heavy (non-hydrogen) atoms. The molecule has 4 rings (SSSR count). The van der Waals surface area contributed by atoms with E-state index in [4.69, 9.17) is 0 Å². The van der Waals surface area contributed by atoms with Gasteiger partial charge in [-0.2, -0.15) is 10.2 Å². The van der Waals surface area contributed by atoms with Gasteiger partial charge in [-0.05, 0) is 12.5 Å². The predicted octanol–water partition coefficient (Wildman–Crippen LogP) is 1.73. The maximum atomic E-state index is 12.6. The van der Waals surface area contributed by atoms with E-state index in [-0.39, 0.29) is 23.3 Å². The van der Waals surface area contributed by atoms with Crippen molar-refractivity contribution in [2.45, 2.75) is 45.1 Å². The molecular weight excluding hydrogens is 332 g/mol. The van der Waals surface area contributed by atoms with Crippen LogP contribution in [0.5, 0.6) is 0 Å². The van der Waals surface area contributed by atoms with Gasteiger partial charge in [0.05, 0.1) is 17.9 Å². The standard InChI is InChI=1S/C18H24N6O2/c1-18(2,3)15-7-14(20-21-15)17(26)22-9-13(10-22)24-11-12(8-19-24)23-6-4-5-16(23)25/h7-8,11,13H,4-6,9-10H2,1-3H3,(H,20,21). The highest BCUT2D eigenvalue weighted by atomic mass is 16.2. The van der Waals surface area contributed by atoms with Crippen molar-refractivity contribution in [1.82, 2.24) is 24.9 Å². The van der Waals surface area contributed by atoms with Gasteiger partial charge in [-0.15, -0.1) is 0 Å². The molecule has 8 nitrogen and oxygen atoms in total. The minimum Gasteiger partial charge on any atom is -0.333 e. The molecule has 1 N–H and O–H groups in total. The Morgan fingerprint density at radius 2 is 2.08 bits per heavy atom. The van der Waals surface area contributed by atoms with Crippen LogP contribution in [0.15, 0.2) is 18.5 Å². The highest BCUT2D eigenvalue weighted by Gasteiger charge is 2.35. The van der Waals surface area contributed by atoms with Crippen LogP contribution in [-0.4, -0.2) is 56.3 Å². The SMILES string of the molecule is CC(C)(C)c1cc(C(=O)N2CC(n3cc(N4CCCC4=O)cn3)C2)n[nH]1. The van der Waals surface area contributed by atoms with Gasteiger partial charge in [0.15, 0.2) is 0 Å². The Morgan fingerprint density at radius 3 is 2.69 bits per heavy atom. The lowest BCUT2D eigenvalue weighted by Crippen LogP contribution is -2.51. The van der Waals surface area contributed by atoms with E-state index in [0.29, 0.717) is 25.2 Å². The van der Waals surface area contributed by atoms with Crippen molar-refractivity contribution in [1.29, 1.82) is 0 Å². The third-order valence-electron chi connectivity index (χ3n) is 5.10. The minimum absolute atomic E-state index is 0.0601. The molecule has 2 aliphatic heterocycles. The largest absolute Gasteiger partial charge is 0.333 e. The first kappa shape index (κ1) is 16.8. The molecule has 0 spiro atoms. The molecule has 0 aromatic carbocycles. The number of likely N-dealkylation sites (tertiary alicyclic amines) is 1. The Bertz CT molecular complexity index is 840. The van der Waals surface area contributed by atoms with Crippen molar-refractivity contribution < 1.29 is 9.59 Å². The van der Waals surface area contributed by atoms with Crippen molar-refractivity contribution in [2.75, 3.05) is 24.5 Å². The Hall–Kier alpha value is -2.64. The van der Waals surface area contributed by atoms with Gasteiger partial charge < -0.3 is 9.80 Å². The average Bonchev–Trinajstić information content (AvgIpc) is 3.23. The second-order valence-electron chi connectivity index (χ2n) is 8.11. The van der Waals surface area contributed by atoms with Crippen LogP contribution in [0.3, 0.4) is 0 Å². The van der Waals surface area contributed by atoms with Gasteiger partial charge in [-0.1, -0.05) is 20.8 Å². The zero-order valence-corrected chi connectivity index (χ0v) is 15.4. The summed E-state index contributed by atoms with van der Waals surface area (Å²) in [7, 11) is 0. The number of hydrogen-bond donors (Lipinski definition) is 1. The number of carbonyl (C=O) groups excluding carboxylic acids is 2. The number of rotatable bonds is 3. The molecule has 0 atom stereocenters. The lowest BCUT2D eigenvalue weighted by molar-refractivity contribution is -0.117. The maximum absolute atomic E-state index is 12.6. The fourth-order valence-electron chi connectivity index (χ4n) is 3.35. The summed E-state index contributed by atoms with van der Waals surface area (Å²) in [6.45, 7) is 8.20. The van der Waals surface area contributed by atoms with Gasteiger partial charge in [0.1, 0.15) is 5.69 Å². The molecule has 2 aromatic rings. The van der Waals surface area contributed by atoms with E-state index in [9.17, 15) is 9.59 Å². The van der Waals surface area contributed by atoms with E-state index < -0.39 is 0 Å². The third-order valence-corrected chi connectivity index (χ3v) is 5.10. The highest BCUT2D eigenvalue weighted by Crippen LogP contribution is 2.27. The number of carbonyl (C=O) groups is 2. The maximum Gasteiger partial charge on any atom is 0.274 e. The van der Waals surface area contributed by atoms with Crippen LogP contribution in [0.25, 0.3) is 0 Å². The number of nitrogens with zero attached hydrogens (tertiary/aromatic N) is 5. The molecule has 2 amide bonds. The monoisotopic (exact) mass is 356 g/mol. The lowest BCUT2D eigenvalue weighted by atomic mass is 9.92. The summed E-state index contributed by atoms with van der Waals surface area (Å²) in [6, 6.07) is 1.98. The summed E-state index contributed by atoms with van der Waals surface area (Å²) < 4.78 is 1.86. The number of aromatic nitrogens is 4. The van der Waals surface area contributed by atoms with Crippen molar-refractivity contribution in [2.24, 2.45) is 0 Å². The Labute approximate surface area is 152 Å². The number of nitrogens with one attached hydrogen (secondary N) is 1. The first-order valence-corrected chi connectivity index (χ1v) is 9.02. The van der Waals surface area contributed by atoms with E-state index in [2.05, 4.69) is 36.1 Å². The molecule has 0 radical (unpaired) electrons. The summed E-state index contributed by atoms with van der Waals surface area (Å²) >= 11 is 0. The molecule has 2 aromatic heterocycles. The van der Waals surface area contributed by atoms with Gasteiger partial charge in [-0.25, -0.2) is 0 Å². The zero-order valence-electron chi connectivity index (χ0n) is 15.4. The Balaban J connectivity index is 1.38. The molecule has 0 bridgehead atoms. The van der Waals surface area contributed by atoms with E-state index >= 15 is 0 Å². The topological polar surface area (TPSA) is 87.1 Å². The molecule has 138 valence electrons. The predicted molar refractivity (Wildman–Crippen MR) is 96.0 cm³/mol. The smallest absolute Gasteiger partial charge is 0.274 e. The van der Waals surface area contributed by atoms with Gasteiger partial charge in [-0.3, -0.25) is 19.4 Å². The summed E-state index contributed by atoms with van der Waals surface area (Å²) in [5, 5.41) is 11.5. The molecule has 0 aliphatic carbocycles. The second kappa shape index (κ2) is 5.96. The number of hydrogen-bond acceptors (Lipinski definition) is 4. The molecule has 8 heteroatoms. The van der Waals surface area contributed by atoms with E-state index in [1.165, 1.54) is 0 Å². The number of anilines is 1. The van der Waals surface area contributed by atoms with Crippen molar-refractivity contribution in [3.63, 3.8) is 0 Å². The van der Waals surface area contributed by atoms with E-state index in [1.807, 2.05) is 16.9 Å². The Morgan fingerprint density at radius 1 is 1.31 bits per heavy atom. The average molecular weight is 356 g/mol. The zero-order chi connectivity index (χ0) is 18.5. The molecule has 0 unspecified atom stereocenters. The summed E-state index contributed by atoms with van der Waals surface area (Å²) in [4.78, 5) is 28.0. The van der Waals surface area contributed by atoms with E-state index in [1.54, 1.807) is 16.0 Å². The van der Waals surface area contributed by atoms with Gasteiger partial charge >= 0.3 is 0 Å². The van der Waals surface area contributed by atoms with Crippen LogP contribution in [0.4, 0.5) is 5.69 Å². The van der Waals surface area contributed by atoms with Gasteiger partial charge in [0.2, 0.25) is 5.91 Å². The fourth-order valence-corrected chi connectivity index (χ4v) is 3.35. The normalized spacial score (nSPS) is 18.5. The van der Waals surface area contributed by atoms with Crippen molar-refractivity contribution in [3.05, 3.63) is 29.8 Å². The molecule has 0 saturated carbocycles. The second-order valence-corrected chi connectivity index (χ2v) is 8.11. The van der Waals surface area contributed by atoms with Gasteiger partial charge in [0.25, 0.3) is 5.91 Å². The Kier molecular flexibility index (Phi) is 3.86. The highest BCUT2D eigenvalue weighted by molar-refractivity contribution is 5.95. The fraction of sp³-hybridized carbons (Fsp3) is 0.556. The molecule has 2 saturated heterocycles. The first-order valence-electron chi connectivity index (χ1n) is 9.02. The van der Waals surface area contributed by atoms with Crippen LogP contribution in [0, 0.1) is 0 Å². The minimum atomic E-state index is -0.0680. The van der Waals surface area contributed by atoms with Crippen LogP contribution in [0.2, 0.25) is 0 Å². The van der Waals surface area contributed by atoms with Crippen molar-refractivity contribution >= 4 is 17.5 Å².